The highest BCUT2D eigenvalue weighted by Gasteiger charge is 2.28. The fourth-order valence-electron chi connectivity index (χ4n) is 3.53. The molecule has 3 aromatic rings. The van der Waals surface area contributed by atoms with E-state index in [1.807, 2.05) is 19.0 Å². The molecule has 0 aliphatic heterocycles. The molecule has 1 aromatic heterocycles. The lowest BCUT2D eigenvalue weighted by molar-refractivity contribution is 0.0527. The molecule has 0 spiro atoms. The SMILES string of the molecule is CCOC(=O)c1c(CS(=O)c2ccc(F)cc2)n(C)c2cc(Br)c(O)c(CN(C)C)c12. The fourth-order valence-corrected chi connectivity index (χ4v) is 5.18. The van der Waals surface area contributed by atoms with Gasteiger partial charge in [-0.1, -0.05) is 0 Å². The van der Waals surface area contributed by atoms with Gasteiger partial charge in [0.15, 0.2) is 0 Å². The van der Waals surface area contributed by atoms with E-state index in [1.165, 1.54) is 24.3 Å². The minimum atomic E-state index is -1.52. The molecule has 1 atom stereocenters. The van der Waals surface area contributed by atoms with Crippen LogP contribution in [0.3, 0.4) is 0 Å². The van der Waals surface area contributed by atoms with Gasteiger partial charge >= 0.3 is 5.97 Å². The predicted octanol–water partition coefficient (Wildman–Crippen LogP) is 4.33. The van der Waals surface area contributed by atoms with Crippen LogP contribution in [0.1, 0.15) is 28.5 Å². The van der Waals surface area contributed by atoms with Crippen molar-refractivity contribution in [2.24, 2.45) is 7.05 Å². The van der Waals surface area contributed by atoms with Crippen LogP contribution in [-0.4, -0.2) is 45.5 Å². The first-order valence-corrected chi connectivity index (χ1v) is 11.7. The van der Waals surface area contributed by atoms with Gasteiger partial charge in [0.25, 0.3) is 0 Å². The molecule has 0 saturated carbocycles. The summed E-state index contributed by atoms with van der Waals surface area (Å²) in [4.78, 5) is 15.3. The zero-order chi connectivity index (χ0) is 22.9. The maximum absolute atomic E-state index is 13.3. The Morgan fingerprint density at radius 2 is 1.94 bits per heavy atom. The predicted molar refractivity (Wildman–Crippen MR) is 122 cm³/mol. The van der Waals surface area contributed by atoms with Gasteiger partial charge in [-0.05, 0) is 67.3 Å². The van der Waals surface area contributed by atoms with E-state index in [4.69, 9.17) is 4.74 Å². The average molecular weight is 511 g/mol. The highest BCUT2D eigenvalue weighted by Crippen LogP contribution is 2.40. The van der Waals surface area contributed by atoms with Crippen LogP contribution < -0.4 is 0 Å². The summed E-state index contributed by atoms with van der Waals surface area (Å²) in [6.07, 6.45) is 0. The van der Waals surface area contributed by atoms with Gasteiger partial charge < -0.3 is 19.3 Å². The van der Waals surface area contributed by atoms with Crippen molar-refractivity contribution in [2.45, 2.75) is 24.1 Å². The topological polar surface area (TPSA) is 71.8 Å². The number of carbonyl (C=O) groups excluding carboxylic acids is 1. The lowest BCUT2D eigenvalue weighted by Crippen LogP contribution is -2.13. The Morgan fingerprint density at radius 3 is 2.52 bits per heavy atom. The molecule has 2 aromatic carbocycles. The number of aryl methyl sites for hydroxylation is 1. The summed E-state index contributed by atoms with van der Waals surface area (Å²) >= 11 is 3.39. The van der Waals surface area contributed by atoms with Crippen molar-refractivity contribution in [3.8, 4) is 5.75 Å². The number of aromatic hydroxyl groups is 1. The standard InChI is InChI=1S/C22H24BrFN2O4S/c1-5-30-22(28)20-18(12-31(29)14-8-6-13(24)7-9-14)26(4)17-10-16(23)21(27)15(19(17)20)11-25(2)3/h6-10,27H,5,11-12H2,1-4H3. The zero-order valence-corrected chi connectivity index (χ0v) is 20.1. The molecule has 0 aliphatic carbocycles. The molecule has 1 unspecified atom stereocenters. The van der Waals surface area contributed by atoms with Crippen LogP contribution in [0.5, 0.6) is 5.75 Å². The summed E-state index contributed by atoms with van der Waals surface area (Å²) in [5.41, 5.74) is 2.09. The number of halogens is 2. The highest BCUT2D eigenvalue weighted by atomic mass is 79.9. The minimum Gasteiger partial charge on any atom is -0.506 e. The van der Waals surface area contributed by atoms with Crippen LogP contribution in [-0.2, 0) is 34.9 Å². The number of hydrogen-bond acceptors (Lipinski definition) is 5. The molecule has 31 heavy (non-hydrogen) atoms. The van der Waals surface area contributed by atoms with E-state index in [2.05, 4.69) is 15.9 Å². The molecule has 1 heterocycles. The Balaban J connectivity index is 2.25. The van der Waals surface area contributed by atoms with Crippen LogP contribution in [0.2, 0.25) is 0 Å². The quantitative estimate of drug-likeness (QED) is 0.479. The summed E-state index contributed by atoms with van der Waals surface area (Å²) in [7, 11) is 3.99. The second-order valence-corrected chi connectivity index (χ2v) is 9.67. The lowest BCUT2D eigenvalue weighted by atomic mass is 10.0. The molecule has 0 fully saturated rings. The molecule has 0 radical (unpaired) electrons. The summed E-state index contributed by atoms with van der Waals surface area (Å²) < 4.78 is 33.9. The Bertz CT molecular complexity index is 1160. The van der Waals surface area contributed by atoms with Gasteiger partial charge in [-0.15, -0.1) is 0 Å². The number of aromatic nitrogens is 1. The maximum atomic E-state index is 13.3. The van der Waals surface area contributed by atoms with Crippen LogP contribution >= 0.6 is 15.9 Å². The van der Waals surface area contributed by atoms with Crippen molar-refractivity contribution in [3.05, 3.63) is 57.4 Å². The number of ether oxygens (including phenoxy) is 1. The van der Waals surface area contributed by atoms with Crippen LogP contribution in [0, 0.1) is 5.82 Å². The molecule has 1 N–H and O–H groups in total. The molecular weight excluding hydrogens is 487 g/mol. The van der Waals surface area contributed by atoms with Gasteiger partial charge in [0.2, 0.25) is 0 Å². The number of esters is 1. The van der Waals surface area contributed by atoms with E-state index >= 15 is 0 Å². The summed E-state index contributed by atoms with van der Waals surface area (Å²) in [5.74, 6) is -0.874. The van der Waals surface area contributed by atoms with Crippen molar-refractivity contribution in [1.82, 2.24) is 9.47 Å². The van der Waals surface area contributed by atoms with Gasteiger partial charge in [0, 0.05) is 35.1 Å². The molecule has 166 valence electrons. The smallest absolute Gasteiger partial charge is 0.340 e. The third-order valence-electron chi connectivity index (χ3n) is 4.94. The lowest BCUT2D eigenvalue weighted by Gasteiger charge is -2.15. The average Bonchev–Trinajstić information content (AvgIpc) is 2.97. The number of rotatable bonds is 7. The number of hydrogen-bond donors (Lipinski definition) is 1. The van der Waals surface area contributed by atoms with Crippen LogP contribution in [0.25, 0.3) is 10.9 Å². The minimum absolute atomic E-state index is 0.0325. The van der Waals surface area contributed by atoms with Gasteiger partial charge in [-0.2, -0.15) is 0 Å². The Labute approximate surface area is 191 Å². The van der Waals surface area contributed by atoms with Crippen LogP contribution in [0.4, 0.5) is 4.39 Å². The van der Waals surface area contributed by atoms with Gasteiger partial charge in [0.05, 0.1) is 38.7 Å². The molecule has 9 heteroatoms. The fraction of sp³-hybridized carbons (Fsp3) is 0.318. The first kappa shape index (κ1) is 23.4. The molecule has 3 rings (SSSR count). The van der Waals surface area contributed by atoms with E-state index in [-0.39, 0.29) is 23.7 Å². The van der Waals surface area contributed by atoms with E-state index in [0.717, 1.165) is 0 Å². The number of phenolic OH excluding ortho intramolecular Hbond substituents is 1. The van der Waals surface area contributed by atoms with Crippen molar-refractivity contribution < 1.29 is 23.2 Å². The van der Waals surface area contributed by atoms with E-state index in [0.29, 0.717) is 38.1 Å². The molecule has 0 bridgehead atoms. The normalized spacial score (nSPS) is 12.5. The highest BCUT2D eigenvalue weighted by molar-refractivity contribution is 9.10. The van der Waals surface area contributed by atoms with E-state index < -0.39 is 22.6 Å². The molecular formula is C22H24BrFN2O4S. The van der Waals surface area contributed by atoms with Gasteiger partial charge in [-0.3, -0.25) is 4.21 Å². The van der Waals surface area contributed by atoms with E-state index in [1.54, 1.807) is 24.6 Å². The zero-order valence-electron chi connectivity index (χ0n) is 17.7. The third-order valence-corrected chi connectivity index (χ3v) is 6.87. The monoisotopic (exact) mass is 510 g/mol. The van der Waals surface area contributed by atoms with Crippen molar-refractivity contribution >= 4 is 43.6 Å². The Hall–Kier alpha value is -2.23. The molecule has 6 nitrogen and oxygen atoms in total. The number of fused-ring (bicyclic) bond motifs is 1. The first-order chi connectivity index (χ1) is 14.6. The Morgan fingerprint density at radius 1 is 1.29 bits per heavy atom. The molecule has 0 aliphatic rings. The van der Waals surface area contributed by atoms with Crippen LogP contribution in [0.15, 0.2) is 39.7 Å². The second kappa shape index (κ2) is 9.50. The van der Waals surface area contributed by atoms with Crippen molar-refractivity contribution in [3.63, 3.8) is 0 Å². The van der Waals surface area contributed by atoms with Gasteiger partial charge in [0.1, 0.15) is 11.6 Å². The molecule has 0 saturated heterocycles. The van der Waals surface area contributed by atoms with E-state index in [9.17, 15) is 18.5 Å². The van der Waals surface area contributed by atoms with Crippen molar-refractivity contribution in [1.29, 1.82) is 0 Å². The number of benzene rings is 2. The number of phenols is 1. The Kier molecular flexibility index (Phi) is 7.18. The third kappa shape index (κ3) is 4.68. The first-order valence-electron chi connectivity index (χ1n) is 9.63. The van der Waals surface area contributed by atoms with Crippen molar-refractivity contribution in [2.75, 3.05) is 20.7 Å². The maximum Gasteiger partial charge on any atom is 0.340 e. The van der Waals surface area contributed by atoms with Gasteiger partial charge in [-0.25, -0.2) is 9.18 Å². The summed E-state index contributed by atoms with van der Waals surface area (Å²) in [6, 6.07) is 7.18. The summed E-state index contributed by atoms with van der Waals surface area (Å²) in [6.45, 7) is 2.29. The largest absolute Gasteiger partial charge is 0.506 e. The number of nitrogens with zero attached hydrogens (tertiary/aromatic N) is 2. The molecule has 0 amide bonds. The number of carbonyl (C=O) groups is 1. The summed E-state index contributed by atoms with van der Waals surface area (Å²) in [5, 5.41) is 11.3. The second-order valence-electron chi connectivity index (χ2n) is 7.36.